The smallest absolute Gasteiger partial charge is 0.337 e. The Kier molecular flexibility index (Phi) is 2.96. The van der Waals surface area contributed by atoms with Crippen molar-refractivity contribution in [2.24, 2.45) is 0 Å². The minimum atomic E-state index is -0.388. The van der Waals surface area contributed by atoms with Crippen LogP contribution in [0.2, 0.25) is 10.0 Å². The summed E-state index contributed by atoms with van der Waals surface area (Å²) in [6.07, 6.45) is 0. The minimum Gasteiger partial charge on any atom is -0.456 e. The number of aromatic nitrogens is 2. The van der Waals surface area contributed by atoms with Crippen LogP contribution >= 0.6 is 23.2 Å². The number of rotatable bonds is 1. The molecule has 2 aliphatic rings. The molecule has 0 bridgehead atoms. The van der Waals surface area contributed by atoms with E-state index in [-0.39, 0.29) is 18.5 Å². The molecule has 5 nitrogen and oxygen atoms in total. The van der Waals surface area contributed by atoms with E-state index in [1.807, 2.05) is 6.92 Å². The average Bonchev–Trinajstić information content (AvgIpc) is 3.03. The van der Waals surface area contributed by atoms with E-state index in [0.717, 1.165) is 11.3 Å². The number of benzene rings is 1. The summed E-state index contributed by atoms with van der Waals surface area (Å²) in [6.45, 7) is 2.11. The molecule has 1 aromatic carbocycles. The number of nitrogens with zero attached hydrogens (tertiary/aromatic N) is 1. The molecule has 112 valence electrons. The van der Waals surface area contributed by atoms with Crippen LogP contribution in [0.15, 0.2) is 29.5 Å². The molecule has 0 unspecified atom stereocenters. The maximum absolute atomic E-state index is 12.2. The molecule has 1 atom stereocenters. The van der Waals surface area contributed by atoms with Gasteiger partial charge in [-0.3, -0.25) is 5.10 Å². The average molecular weight is 336 g/mol. The van der Waals surface area contributed by atoms with E-state index in [1.54, 1.807) is 18.2 Å². The molecule has 0 spiro atoms. The first-order valence-corrected chi connectivity index (χ1v) is 7.49. The number of nitrogens with one attached hydrogen (secondary N) is 2. The molecule has 2 aromatic rings. The fourth-order valence-electron chi connectivity index (χ4n) is 3.06. The Morgan fingerprint density at radius 1 is 1.27 bits per heavy atom. The summed E-state index contributed by atoms with van der Waals surface area (Å²) in [5.41, 5.74) is 3.68. The molecule has 0 saturated carbocycles. The first-order chi connectivity index (χ1) is 10.6. The lowest BCUT2D eigenvalue weighted by molar-refractivity contribution is -0.136. The Balaban J connectivity index is 2.02. The van der Waals surface area contributed by atoms with Crippen molar-refractivity contribution in [2.75, 3.05) is 11.9 Å². The highest BCUT2D eigenvalue weighted by Crippen LogP contribution is 2.48. The number of halogens is 2. The number of cyclic esters (lactones) is 1. The van der Waals surface area contributed by atoms with Gasteiger partial charge in [-0.05, 0) is 19.1 Å². The number of aryl methyl sites for hydroxylation is 1. The van der Waals surface area contributed by atoms with Gasteiger partial charge in [0.1, 0.15) is 6.61 Å². The highest BCUT2D eigenvalue weighted by Gasteiger charge is 2.42. The van der Waals surface area contributed by atoms with E-state index < -0.39 is 0 Å². The third-order valence-corrected chi connectivity index (χ3v) is 4.68. The quantitative estimate of drug-likeness (QED) is 0.784. The van der Waals surface area contributed by atoms with E-state index in [0.29, 0.717) is 32.7 Å². The SMILES string of the molecule is Cc1[nH]nc2c1[C@@H](c1c(Cl)cccc1Cl)C1=C(COC1=O)N2. The van der Waals surface area contributed by atoms with Crippen molar-refractivity contribution in [1.29, 1.82) is 0 Å². The van der Waals surface area contributed by atoms with Gasteiger partial charge in [-0.2, -0.15) is 5.10 Å². The molecule has 7 heteroatoms. The fraction of sp³-hybridized carbons (Fsp3) is 0.200. The van der Waals surface area contributed by atoms with Crippen LogP contribution < -0.4 is 5.32 Å². The van der Waals surface area contributed by atoms with Crippen molar-refractivity contribution in [3.05, 3.63) is 56.3 Å². The topological polar surface area (TPSA) is 67.0 Å². The van der Waals surface area contributed by atoms with Gasteiger partial charge in [0.05, 0.1) is 17.2 Å². The molecule has 3 heterocycles. The number of hydrogen-bond acceptors (Lipinski definition) is 4. The predicted octanol–water partition coefficient (Wildman–Crippen LogP) is 3.39. The lowest BCUT2D eigenvalue weighted by Gasteiger charge is -2.25. The van der Waals surface area contributed by atoms with Crippen LogP contribution in [0.1, 0.15) is 22.7 Å². The van der Waals surface area contributed by atoms with Gasteiger partial charge in [-0.25, -0.2) is 4.79 Å². The molecule has 0 saturated heterocycles. The van der Waals surface area contributed by atoms with Gasteiger partial charge < -0.3 is 10.1 Å². The Morgan fingerprint density at radius 2 is 2.00 bits per heavy atom. The van der Waals surface area contributed by atoms with E-state index in [4.69, 9.17) is 27.9 Å². The molecule has 2 N–H and O–H groups in total. The number of anilines is 1. The van der Waals surface area contributed by atoms with Crippen LogP contribution in [0, 0.1) is 6.92 Å². The van der Waals surface area contributed by atoms with Gasteiger partial charge in [0.25, 0.3) is 0 Å². The van der Waals surface area contributed by atoms with Crippen LogP contribution in [0.25, 0.3) is 0 Å². The lowest BCUT2D eigenvalue weighted by atomic mass is 9.82. The van der Waals surface area contributed by atoms with Gasteiger partial charge >= 0.3 is 5.97 Å². The highest BCUT2D eigenvalue weighted by atomic mass is 35.5. The predicted molar refractivity (Wildman–Crippen MR) is 83.2 cm³/mol. The first kappa shape index (κ1) is 13.7. The highest BCUT2D eigenvalue weighted by molar-refractivity contribution is 6.36. The number of carbonyl (C=O) groups is 1. The third-order valence-electron chi connectivity index (χ3n) is 4.02. The maximum atomic E-state index is 12.2. The molecule has 4 rings (SSSR count). The monoisotopic (exact) mass is 335 g/mol. The Morgan fingerprint density at radius 3 is 2.73 bits per heavy atom. The second kappa shape index (κ2) is 4.76. The van der Waals surface area contributed by atoms with Crippen molar-refractivity contribution in [2.45, 2.75) is 12.8 Å². The first-order valence-electron chi connectivity index (χ1n) is 6.74. The van der Waals surface area contributed by atoms with Gasteiger partial charge in [0.2, 0.25) is 0 Å². The number of carbonyl (C=O) groups excluding carboxylic acids is 1. The second-order valence-corrected chi connectivity index (χ2v) is 6.09. The molecule has 0 amide bonds. The lowest BCUT2D eigenvalue weighted by Crippen LogP contribution is -2.20. The molecular formula is C15H11Cl2N3O2. The van der Waals surface area contributed by atoms with E-state index in [9.17, 15) is 4.79 Å². The van der Waals surface area contributed by atoms with Crippen molar-refractivity contribution >= 4 is 35.0 Å². The second-order valence-electron chi connectivity index (χ2n) is 5.27. The standard InChI is InChI=1S/C15H11Cl2N3O2/c1-6-10-13(11-7(16)3-2-4-8(11)17)12-9(5-22-15(12)21)18-14(10)20-19-6/h2-4,13H,5H2,1H3,(H2,18,19,20)/t13-/m0/s1. The van der Waals surface area contributed by atoms with Crippen molar-refractivity contribution in [3.63, 3.8) is 0 Å². The molecule has 0 fully saturated rings. The van der Waals surface area contributed by atoms with Crippen LogP contribution in [0.5, 0.6) is 0 Å². The zero-order valence-corrected chi connectivity index (χ0v) is 13.0. The summed E-state index contributed by atoms with van der Waals surface area (Å²) < 4.78 is 5.17. The molecular weight excluding hydrogens is 325 g/mol. The van der Waals surface area contributed by atoms with Crippen LogP contribution in [0.3, 0.4) is 0 Å². The number of fused-ring (bicyclic) bond motifs is 1. The molecule has 0 aliphatic carbocycles. The van der Waals surface area contributed by atoms with Crippen molar-refractivity contribution in [1.82, 2.24) is 10.2 Å². The molecule has 1 aromatic heterocycles. The largest absolute Gasteiger partial charge is 0.456 e. The fourth-order valence-corrected chi connectivity index (χ4v) is 3.68. The summed E-state index contributed by atoms with van der Waals surface area (Å²) in [5.74, 6) is -0.0635. The van der Waals surface area contributed by atoms with E-state index >= 15 is 0 Å². The van der Waals surface area contributed by atoms with E-state index in [1.165, 1.54) is 0 Å². The molecule has 0 radical (unpaired) electrons. The van der Waals surface area contributed by atoms with Crippen LogP contribution in [-0.2, 0) is 9.53 Å². The number of ether oxygens (including phenoxy) is 1. The third kappa shape index (κ3) is 1.79. The summed E-state index contributed by atoms with van der Waals surface area (Å²) in [6, 6.07) is 5.31. The minimum absolute atomic E-state index is 0.206. The molecule has 22 heavy (non-hydrogen) atoms. The van der Waals surface area contributed by atoms with Crippen LogP contribution in [0.4, 0.5) is 5.82 Å². The van der Waals surface area contributed by atoms with Gasteiger partial charge in [0, 0.05) is 26.9 Å². The van der Waals surface area contributed by atoms with Gasteiger partial charge in [-0.1, -0.05) is 29.3 Å². The summed E-state index contributed by atoms with van der Waals surface area (Å²) in [4.78, 5) is 12.2. The number of aromatic amines is 1. The van der Waals surface area contributed by atoms with Crippen molar-refractivity contribution in [3.8, 4) is 0 Å². The van der Waals surface area contributed by atoms with Crippen molar-refractivity contribution < 1.29 is 9.53 Å². The molecule has 2 aliphatic heterocycles. The normalized spacial score (nSPS) is 19.6. The summed E-state index contributed by atoms with van der Waals surface area (Å²) in [7, 11) is 0. The number of hydrogen-bond donors (Lipinski definition) is 2. The Labute approximate surface area is 136 Å². The summed E-state index contributed by atoms with van der Waals surface area (Å²) >= 11 is 12.8. The Hall–Kier alpha value is -1.98. The van der Waals surface area contributed by atoms with Gasteiger partial charge in [-0.15, -0.1) is 0 Å². The van der Waals surface area contributed by atoms with Gasteiger partial charge in [0.15, 0.2) is 5.82 Å². The number of esters is 1. The van der Waals surface area contributed by atoms with Crippen LogP contribution in [-0.4, -0.2) is 22.8 Å². The zero-order valence-electron chi connectivity index (χ0n) is 11.5. The number of H-pyrrole nitrogens is 1. The zero-order chi connectivity index (χ0) is 15.4. The Bertz CT molecular complexity index is 821. The maximum Gasteiger partial charge on any atom is 0.337 e. The summed E-state index contributed by atoms with van der Waals surface area (Å²) in [5, 5.41) is 11.4. The van der Waals surface area contributed by atoms with E-state index in [2.05, 4.69) is 15.5 Å².